The van der Waals surface area contributed by atoms with Crippen LogP contribution in [0.1, 0.15) is 19.4 Å². The molecule has 0 bridgehead atoms. The van der Waals surface area contributed by atoms with E-state index in [1.807, 2.05) is 12.1 Å². The lowest BCUT2D eigenvalue weighted by Gasteiger charge is -2.36. The molecule has 168 valence electrons. The van der Waals surface area contributed by atoms with Crippen molar-refractivity contribution >= 4 is 15.7 Å². The van der Waals surface area contributed by atoms with Crippen LogP contribution in [0.5, 0.6) is 0 Å². The molecule has 0 saturated carbocycles. The lowest BCUT2D eigenvalue weighted by molar-refractivity contribution is 0.166. The van der Waals surface area contributed by atoms with Crippen LogP contribution in [0.15, 0.2) is 71.8 Å². The van der Waals surface area contributed by atoms with E-state index in [1.165, 1.54) is 24.4 Å². The predicted octanol–water partition coefficient (Wildman–Crippen LogP) is 3.87. The fourth-order valence-electron chi connectivity index (χ4n) is 4.05. The number of nitrogens with zero attached hydrogens (tertiary/aromatic N) is 2. The first-order valence-electron chi connectivity index (χ1n) is 10.6. The third-order valence-corrected chi connectivity index (χ3v) is 6.80. The molecule has 4 rings (SSSR count). The summed E-state index contributed by atoms with van der Waals surface area (Å²) in [4.78, 5) is 6.69. The minimum Gasteiger partial charge on any atom is -0.309 e. The molecule has 1 saturated heterocycles. The monoisotopic (exact) mass is 454 g/mol. The topological polar surface area (TPSA) is 74.3 Å². The molecule has 32 heavy (non-hydrogen) atoms. The highest BCUT2D eigenvalue weighted by Gasteiger charge is 2.21. The zero-order valence-electron chi connectivity index (χ0n) is 18.1. The van der Waals surface area contributed by atoms with Crippen molar-refractivity contribution < 1.29 is 12.8 Å². The largest absolute Gasteiger partial charge is 0.309 e. The van der Waals surface area contributed by atoms with Gasteiger partial charge in [0, 0.05) is 49.2 Å². The van der Waals surface area contributed by atoms with Gasteiger partial charge in [-0.25, -0.2) is 12.8 Å². The van der Waals surface area contributed by atoms with Crippen molar-refractivity contribution in [1.29, 1.82) is 0 Å². The Labute approximate surface area is 188 Å². The van der Waals surface area contributed by atoms with Gasteiger partial charge in [-0.3, -0.25) is 14.6 Å². The Kier molecular flexibility index (Phi) is 6.55. The minimum absolute atomic E-state index is 0.0660. The number of hydrogen-bond acceptors (Lipinski definition) is 5. The molecule has 2 atom stereocenters. The molecule has 2 N–H and O–H groups in total. The van der Waals surface area contributed by atoms with Crippen LogP contribution in [0.25, 0.3) is 11.3 Å². The van der Waals surface area contributed by atoms with Gasteiger partial charge in [-0.2, -0.15) is 0 Å². The molecule has 0 spiro atoms. The normalized spacial score (nSPS) is 19.6. The van der Waals surface area contributed by atoms with Crippen LogP contribution in [0, 0.1) is 5.82 Å². The van der Waals surface area contributed by atoms with Crippen molar-refractivity contribution in [3.63, 3.8) is 0 Å². The standard InChI is InChI=1S/C24H27FN4O2S/c1-17-14-29(15-18(2)27-17)16-19-3-9-22(10-4-19)28-32(30,31)23-11-12-24(26-13-23)20-5-7-21(25)8-6-20/h3-13,17-18,27-28H,14-16H2,1-2H3/t17-,18?/m0/s1. The quantitative estimate of drug-likeness (QED) is 0.592. The Hall–Kier alpha value is -2.81. The molecule has 1 aromatic heterocycles. The maximum Gasteiger partial charge on any atom is 0.263 e. The number of nitrogens with one attached hydrogen (secondary N) is 2. The van der Waals surface area contributed by atoms with Gasteiger partial charge in [0.1, 0.15) is 10.7 Å². The average molecular weight is 455 g/mol. The molecule has 1 aliphatic rings. The van der Waals surface area contributed by atoms with E-state index in [9.17, 15) is 12.8 Å². The summed E-state index contributed by atoms with van der Waals surface area (Å²) < 4.78 is 41.2. The Balaban J connectivity index is 1.41. The van der Waals surface area contributed by atoms with Crippen LogP contribution < -0.4 is 10.0 Å². The average Bonchev–Trinajstić information content (AvgIpc) is 2.75. The van der Waals surface area contributed by atoms with Crippen molar-refractivity contribution in [3.8, 4) is 11.3 Å². The summed E-state index contributed by atoms with van der Waals surface area (Å²) in [5.74, 6) is -0.333. The fourth-order valence-corrected chi connectivity index (χ4v) is 5.05. The van der Waals surface area contributed by atoms with E-state index < -0.39 is 10.0 Å². The van der Waals surface area contributed by atoms with Gasteiger partial charge in [-0.05, 0) is 67.9 Å². The Morgan fingerprint density at radius 3 is 2.25 bits per heavy atom. The zero-order chi connectivity index (χ0) is 22.7. The highest BCUT2D eigenvalue weighted by atomic mass is 32.2. The predicted molar refractivity (Wildman–Crippen MR) is 124 cm³/mol. The third kappa shape index (κ3) is 5.51. The Morgan fingerprint density at radius 2 is 1.66 bits per heavy atom. The van der Waals surface area contributed by atoms with Crippen LogP contribution in [0.3, 0.4) is 0 Å². The number of piperazine rings is 1. The summed E-state index contributed by atoms with van der Waals surface area (Å²) in [6.45, 7) is 7.17. The molecule has 2 aromatic carbocycles. The van der Waals surface area contributed by atoms with Crippen molar-refractivity contribution in [3.05, 3.63) is 78.2 Å². The van der Waals surface area contributed by atoms with Gasteiger partial charge in [0.25, 0.3) is 10.0 Å². The van der Waals surface area contributed by atoms with Crippen molar-refractivity contribution in [2.45, 2.75) is 37.4 Å². The van der Waals surface area contributed by atoms with Gasteiger partial charge in [0.05, 0.1) is 5.69 Å². The number of rotatable bonds is 6. The highest BCUT2D eigenvalue weighted by Crippen LogP contribution is 2.21. The molecular weight excluding hydrogens is 427 g/mol. The molecule has 1 fully saturated rings. The van der Waals surface area contributed by atoms with Crippen molar-refractivity contribution in [1.82, 2.24) is 15.2 Å². The number of sulfonamides is 1. The summed E-state index contributed by atoms with van der Waals surface area (Å²) in [6, 6.07) is 17.4. The summed E-state index contributed by atoms with van der Waals surface area (Å²) in [5.41, 5.74) is 2.93. The molecule has 6 nitrogen and oxygen atoms in total. The number of benzene rings is 2. The first-order valence-corrected chi connectivity index (χ1v) is 12.1. The molecule has 1 aliphatic heterocycles. The molecule has 0 radical (unpaired) electrons. The van der Waals surface area contributed by atoms with Gasteiger partial charge in [0.15, 0.2) is 0 Å². The van der Waals surface area contributed by atoms with Crippen LogP contribution in [0.2, 0.25) is 0 Å². The molecular formula is C24H27FN4O2S. The Bertz CT molecular complexity index is 1140. The Morgan fingerprint density at radius 1 is 1.00 bits per heavy atom. The molecule has 2 heterocycles. The van der Waals surface area contributed by atoms with Crippen molar-refractivity contribution in [2.24, 2.45) is 0 Å². The third-order valence-electron chi connectivity index (χ3n) is 5.43. The molecule has 0 aliphatic carbocycles. The minimum atomic E-state index is -3.76. The van der Waals surface area contributed by atoms with E-state index in [1.54, 1.807) is 30.3 Å². The van der Waals surface area contributed by atoms with E-state index in [0.717, 1.165) is 25.2 Å². The van der Waals surface area contributed by atoms with E-state index in [-0.39, 0.29) is 10.7 Å². The molecule has 0 amide bonds. The molecule has 8 heteroatoms. The number of halogens is 1. The van der Waals surface area contributed by atoms with Crippen LogP contribution in [-0.4, -0.2) is 43.5 Å². The van der Waals surface area contributed by atoms with Gasteiger partial charge in [0.2, 0.25) is 0 Å². The fraction of sp³-hybridized carbons (Fsp3) is 0.292. The second-order valence-corrected chi connectivity index (χ2v) is 10.0. The second kappa shape index (κ2) is 9.36. The van der Waals surface area contributed by atoms with E-state index >= 15 is 0 Å². The van der Waals surface area contributed by atoms with Gasteiger partial charge in [-0.15, -0.1) is 0 Å². The van der Waals surface area contributed by atoms with Crippen LogP contribution in [-0.2, 0) is 16.6 Å². The van der Waals surface area contributed by atoms with Crippen molar-refractivity contribution in [2.75, 3.05) is 17.8 Å². The highest BCUT2D eigenvalue weighted by molar-refractivity contribution is 7.92. The number of aromatic nitrogens is 1. The maximum atomic E-state index is 13.1. The number of anilines is 1. The van der Waals surface area contributed by atoms with Crippen LogP contribution >= 0.6 is 0 Å². The van der Waals surface area contributed by atoms with E-state index in [2.05, 4.69) is 33.8 Å². The lowest BCUT2D eigenvalue weighted by Crippen LogP contribution is -2.53. The summed E-state index contributed by atoms with van der Waals surface area (Å²) in [6.07, 6.45) is 1.31. The van der Waals surface area contributed by atoms with Gasteiger partial charge >= 0.3 is 0 Å². The maximum absolute atomic E-state index is 13.1. The van der Waals surface area contributed by atoms with Gasteiger partial charge in [-0.1, -0.05) is 12.1 Å². The van der Waals surface area contributed by atoms with Crippen LogP contribution in [0.4, 0.5) is 10.1 Å². The van der Waals surface area contributed by atoms with Gasteiger partial charge < -0.3 is 5.32 Å². The summed E-state index contributed by atoms with van der Waals surface area (Å²) in [7, 11) is -3.76. The lowest BCUT2D eigenvalue weighted by atomic mass is 10.1. The smallest absolute Gasteiger partial charge is 0.263 e. The zero-order valence-corrected chi connectivity index (χ0v) is 18.9. The van der Waals surface area contributed by atoms with E-state index in [4.69, 9.17) is 0 Å². The summed E-state index contributed by atoms with van der Waals surface area (Å²) in [5, 5.41) is 3.52. The van der Waals surface area contributed by atoms with E-state index in [0.29, 0.717) is 29.0 Å². The first kappa shape index (κ1) is 22.4. The SMILES string of the molecule is CC1CN(Cc2ccc(NS(=O)(=O)c3ccc(-c4ccc(F)cc4)nc3)cc2)C[C@H](C)N1. The second-order valence-electron chi connectivity index (χ2n) is 8.35. The number of pyridine rings is 1. The molecule has 3 aromatic rings. The summed E-state index contributed by atoms with van der Waals surface area (Å²) >= 11 is 0. The number of hydrogen-bond donors (Lipinski definition) is 2. The first-order chi connectivity index (χ1) is 15.3. The molecule has 1 unspecified atom stereocenters.